The first kappa shape index (κ1) is 13.8. The van der Waals surface area contributed by atoms with Gasteiger partial charge in [0.1, 0.15) is 6.04 Å². The van der Waals surface area contributed by atoms with Crippen LogP contribution in [0.4, 0.5) is 5.69 Å². The van der Waals surface area contributed by atoms with Crippen LogP contribution in [-0.2, 0) is 0 Å². The fourth-order valence-electron chi connectivity index (χ4n) is 2.75. The second-order valence-electron chi connectivity index (χ2n) is 5.42. The van der Waals surface area contributed by atoms with Crippen molar-refractivity contribution in [1.82, 2.24) is 5.32 Å². The first-order chi connectivity index (χ1) is 10.3. The van der Waals surface area contributed by atoms with Gasteiger partial charge in [0, 0.05) is 23.5 Å². The first-order valence-corrected chi connectivity index (χ1v) is 7.50. The molecular formula is C18H21N3. The van der Waals surface area contributed by atoms with E-state index in [9.17, 15) is 0 Å². The summed E-state index contributed by atoms with van der Waals surface area (Å²) >= 11 is 0. The van der Waals surface area contributed by atoms with E-state index in [1.807, 2.05) is 24.3 Å². The van der Waals surface area contributed by atoms with Gasteiger partial charge >= 0.3 is 0 Å². The summed E-state index contributed by atoms with van der Waals surface area (Å²) < 4.78 is 0. The Balaban J connectivity index is 2.01. The summed E-state index contributed by atoms with van der Waals surface area (Å²) in [5, 5.41) is 3.40. The largest absolute Gasteiger partial charge is 0.398 e. The van der Waals surface area contributed by atoms with Crippen LogP contribution in [0, 0.1) is 0 Å². The lowest BCUT2D eigenvalue weighted by molar-refractivity contribution is 0.665. The Hall–Kier alpha value is -2.13. The maximum Gasteiger partial charge on any atom is 0.102 e. The van der Waals surface area contributed by atoms with Gasteiger partial charge in [0.2, 0.25) is 0 Å². The van der Waals surface area contributed by atoms with E-state index in [4.69, 9.17) is 10.7 Å². The summed E-state index contributed by atoms with van der Waals surface area (Å²) in [5.74, 6) is 0. The third-order valence-electron chi connectivity index (χ3n) is 3.87. The number of benzene rings is 2. The highest BCUT2D eigenvalue weighted by atomic mass is 14.9. The van der Waals surface area contributed by atoms with Crippen LogP contribution in [0.1, 0.15) is 30.0 Å². The van der Waals surface area contributed by atoms with Crippen LogP contribution in [0.3, 0.4) is 0 Å². The van der Waals surface area contributed by atoms with Crippen molar-refractivity contribution in [2.75, 3.05) is 18.8 Å². The summed E-state index contributed by atoms with van der Waals surface area (Å²) in [6.07, 6.45) is 2.23. The van der Waals surface area contributed by atoms with Crippen LogP contribution >= 0.6 is 0 Å². The number of anilines is 1. The number of piperidine rings is 1. The van der Waals surface area contributed by atoms with E-state index in [1.54, 1.807) is 0 Å². The molecule has 3 rings (SSSR count). The minimum atomic E-state index is -0.0118. The predicted molar refractivity (Wildman–Crippen MR) is 88.7 cm³/mol. The molecule has 1 atom stereocenters. The molecule has 1 heterocycles. The molecule has 21 heavy (non-hydrogen) atoms. The summed E-state index contributed by atoms with van der Waals surface area (Å²) in [6.45, 7) is 1.97. The molecule has 3 N–H and O–H groups in total. The van der Waals surface area contributed by atoms with Gasteiger partial charge in [-0.15, -0.1) is 0 Å². The molecule has 0 amide bonds. The number of rotatable bonds is 3. The lowest BCUT2D eigenvalue weighted by atomic mass is 9.97. The van der Waals surface area contributed by atoms with Crippen LogP contribution in [0.2, 0.25) is 0 Å². The molecule has 0 spiro atoms. The average Bonchev–Trinajstić information content (AvgIpc) is 2.55. The van der Waals surface area contributed by atoms with E-state index in [-0.39, 0.29) is 6.04 Å². The second kappa shape index (κ2) is 6.55. The topological polar surface area (TPSA) is 50.4 Å². The minimum absolute atomic E-state index is 0.0118. The number of aliphatic imine (C=N–C) groups is 1. The molecule has 0 bridgehead atoms. The van der Waals surface area contributed by atoms with Crippen molar-refractivity contribution in [3.8, 4) is 0 Å². The number of para-hydroxylation sites is 1. The van der Waals surface area contributed by atoms with Gasteiger partial charge < -0.3 is 11.1 Å². The van der Waals surface area contributed by atoms with Gasteiger partial charge in [-0.05, 0) is 31.0 Å². The molecule has 0 radical (unpaired) electrons. The Morgan fingerprint density at radius 3 is 2.48 bits per heavy atom. The zero-order valence-corrected chi connectivity index (χ0v) is 12.1. The van der Waals surface area contributed by atoms with Gasteiger partial charge in [0.25, 0.3) is 0 Å². The molecular weight excluding hydrogens is 258 g/mol. The standard InChI is InChI=1S/C18H21N3/c19-17-11-5-4-10-16(17)18(14-7-2-1-3-8-14)21-15-9-6-12-20-13-15/h1-5,7-8,10-11,18,20H,6,9,12-13,19H2. The van der Waals surface area contributed by atoms with Gasteiger partial charge in [-0.3, -0.25) is 4.99 Å². The second-order valence-corrected chi connectivity index (χ2v) is 5.42. The lowest BCUT2D eigenvalue weighted by Crippen LogP contribution is -2.30. The summed E-state index contributed by atoms with van der Waals surface area (Å²) in [5.41, 5.74) is 10.5. The van der Waals surface area contributed by atoms with E-state index in [1.165, 1.54) is 11.3 Å². The maximum absolute atomic E-state index is 6.18. The SMILES string of the molecule is Nc1ccccc1C(N=C1CCCNC1)c1ccccc1. The molecule has 1 aliphatic heterocycles. The number of nitrogens with zero attached hydrogens (tertiary/aromatic N) is 1. The van der Waals surface area contributed by atoms with Gasteiger partial charge in [-0.25, -0.2) is 0 Å². The van der Waals surface area contributed by atoms with E-state index in [2.05, 4.69) is 35.6 Å². The van der Waals surface area contributed by atoms with Crippen molar-refractivity contribution in [2.45, 2.75) is 18.9 Å². The Labute approximate surface area is 125 Å². The van der Waals surface area contributed by atoms with E-state index < -0.39 is 0 Å². The average molecular weight is 279 g/mol. The van der Waals surface area contributed by atoms with Gasteiger partial charge in [0.05, 0.1) is 0 Å². The zero-order chi connectivity index (χ0) is 14.5. The van der Waals surface area contributed by atoms with Crippen molar-refractivity contribution in [3.63, 3.8) is 0 Å². The van der Waals surface area contributed by atoms with E-state index >= 15 is 0 Å². The highest BCUT2D eigenvalue weighted by molar-refractivity contribution is 5.87. The minimum Gasteiger partial charge on any atom is -0.398 e. The summed E-state index contributed by atoms with van der Waals surface area (Å²) in [7, 11) is 0. The molecule has 0 aliphatic carbocycles. The fourth-order valence-corrected chi connectivity index (χ4v) is 2.75. The van der Waals surface area contributed by atoms with Crippen molar-refractivity contribution >= 4 is 11.4 Å². The summed E-state index contributed by atoms with van der Waals surface area (Å²) in [6, 6.07) is 18.4. The fraction of sp³-hybridized carbons (Fsp3) is 0.278. The Morgan fingerprint density at radius 2 is 1.76 bits per heavy atom. The Bertz CT molecular complexity index is 611. The van der Waals surface area contributed by atoms with Gasteiger partial charge in [0.15, 0.2) is 0 Å². The molecule has 1 unspecified atom stereocenters. The number of hydrogen-bond acceptors (Lipinski definition) is 3. The predicted octanol–water partition coefficient (Wildman–Crippen LogP) is 3.18. The van der Waals surface area contributed by atoms with Gasteiger partial charge in [-0.1, -0.05) is 48.5 Å². The highest BCUT2D eigenvalue weighted by Gasteiger charge is 2.17. The number of nitrogen functional groups attached to an aromatic ring is 1. The number of nitrogens with two attached hydrogens (primary N) is 1. The van der Waals surface area contributed by atoms with Crippen LogP contribution < -0.4 is 11.1 Å². The molecule has 0 saturated carbocycles. The monoisotopic (exact) mass is 279 g/mol. The quantitative estimate of drug-likeness (QED) is 0.848. The maximum atomic E-state index is 6.18. The van der Waals surface area contributed by atoms with Crippen LogP contribution in [0.5, 0.6) is 0 Å². The summed E-state index contributed by atoms with van der Waals surface area (Å²) in [4.78, 5) is 5.01. The number of hydrogen-bond donors (Lipinski definition) is 2. The third kappa shape index (κ3) is 3.31. The van der Waals surface area contributed by atoms with E-state index in [0.29, 0.717) is 0 Å². The molecule has 2 aromatic carbocycles. The van der Waals surface area contributed by atoms with Crippen molar-refractivity contribution in [3.05, 3.63) is 65.7 Å². The normalized spacial score (nSPS) is 18.6. The Morgan fingerprint density at radius 1 is 1.00 bits per heavy atom. The van der Waals surface area contributed by atoms with Crippen LogP contribution in [-0.4, -0.2) is 18.8 Å². The third-order valence-corrected chi connectivity index (χ3v) is 3.87. The van der Waals surface area contributed by atoms with Crippen molar-refractivity contribution < 1.29 is 0 Å². The van der Waals surface area contributed by atoms with Crippen LogP contribution in [0.15, 0.2) is 59.6 Å². The van der Waals surface area contributed by atoms with Crippen molar-refractivity contribution in [1.29, 1.82) is 0 Å². The zero-order valence-electron chi connectivity index (χ0n) is 12.1. The molecule has 2 aromatic rings. The van der Waals surface area contributed by atoms with E-state index in [0.717, 1.165) is 37.2 Å². The van der Waals surface area contributed by atoms with Gasteiger partial charge in [-0.2, -0.15) is 0 Å². The molecule has 1 aliphatic rings. The highest BCUT2D eigenvalue weighted by Crippen LogP contribution is 2.30. The Kier molecular flexibility index (Phi) is 4.31. The first-order valence-electron chi connectivity index (χ1n) is 7.50. The molecule has 3 heteroatoms. The molecule has 0 aromatic heterocycles. The molecule has 1 fully saturated rings. The number of nitrogens with one attached hydrogen (secondary N) is 1. The van der Waals surface area contributed by atoms with Crippen molar-refractivity contribution in [2.24, 2.45) is 4.99 Å². The lowest BCUT2D eigenvalue weighted by Gasteiger charge is -2.20. The molecule has 3 nitrogen and oxygen atoms in total. The molecule has 1 saturated heterocycles. The smallest absolute Gasteiger partial charge is 0.102 e. The van der Waals surface area contributed by atoms with Crippen LogP contribution in [0.25, 0.3) is 0 Å². The molecule has 108 valence electrons.